The zero-order valence-electron chi connectivity index (χ0n) is 12.1. The fraction of sp³-hybridized carbons (Fsp3) is 0.222. The van der Waals surface area contributed by atoms with E-state index in [1.165, 1.54) is 39.0 Å². The predicted molar refractivity (Wildman–Crippen MR) is 92.6 cm³/mol. The van der Waals surface area contributed by atoms with Crippen molar-refractivity contribution < 1.29 is 0 Å². The molecule has 0 unspecified atom stereocenters. The van der Waals surface area contributed by atoms with Crippen LogP contribution < -0.4 is 10.2 Å². The molecule has 2 heterocycles. The van der Waals surface area contributed by atoms with Crippen LogP contribution in [0.15, 0.2) is 47.8 Å². The smallest absolute Gasteiger partial charge is 0.0400 e. The third-order valence-corrected chi connectivity index (χ3v) is 5.12. The van der Waals surface area contributed by atoms with Crippen molar-refractivity contribution in [2.75, 3.05) is 23.8 Å². The van der Waals surface area contributed by atoms with E-state index in [4.69, 9.17) is 0 Å². The number of hydrogen-bond donors (Lipinski definition) is 1. The van der Waals surface area contributed by atoms with Crippen LogP contribution in [0.1, 0.15) is 11.1 Å². The summed E-state index contributed by atoms with van der Waals surface area (Å²) in [5.41, 5.74) is 5.41. The second kappa shape index (κ2) is 5.08. The molecule has 1 aliphatic rings. The quantitative estimate of drug-likeness (QED) is 0.765. The molecule has 4 rings (SSSR count). The number of likely N-dealkylation sites (N-methyl/N-ethyl adjacent to an activating group) is 1. The molecule has 21 heavy (non-hydrogen) atoms. The SMILES string of the molecule is CN1CCc2cc(CNc3ccc4sccc4c3)ccc21. The van der Waals surface area contributed by atoms with Crippen molar-refractivity contribution in [3.8, 4) is 0 Å². The minimum atomic E-state index is 0.882. The molecule has 0 spiro atoms. The van der Waals surface area contributed by atoms with Gasteiger partial charge in [-0.05, 0) is 58.6 Å². The maximum absolute atomic E-state index is 3.54. The second-order valence-corrected chi connectivity index (χ2v) is 6.61. The molecule has 2 aromatic carbocycles. The van der Waals surface area contributed by atoms with E-state index in [-0.39, 0.29) is 0 Å². The average molecular weight is 294 g/mol. The van der Waals surface area contributed by atoms with Crippen LogP contribution in [0.4, 0.5) is 11.4 Å². The number of rotatable bonds is 3. The number of benzene rings is 2. The van der Waals surface area contributed by atoms with E-state index >= 15 is 0 Å². The van der Waals surface area contributed by atoms with Gasteiger partial charge in [-0.2, -0.15) is 0 Å². The summed E-state index contributed by atoms with van der Waals surface area (Å²) in [6, 6.07) is 15.6. The highest BCUT2D eigenvalue weighted by Crippen LogP contribution is 2.28. The lowest BCUT2D eigenvalue weighted by molar-refractivity contribution is 0.955. The Morgan fingerprint density at radius 1 is 1.14 bits per heavy atom. The zero-order chi connectivity index (χ0) is 14.2. The highest BCUT2D eigenvalue weighted by molar-refractivity contribution is 7.17. The number of fused-ring (bicyclic) bond motifs is 2. The summed E-state index contributed by atoms with van der Waals surface area (Å²) in [7, 11) is 2.17. The maximum Gasteiger partial charge on any atom is 0.0400 e. The van der Waals surface area contributed by atoms with E-state index < -0.39 is 0 Å². The summed E-state index contributed by atoms with van der Waals surface area (Å²) in [4.78, 5) is 2.33. The second-order valence-electron chi connectivity index (χ2n) is 5.66. The summed E-state index contributed by atoms with van der Waals surface area (Å²) < 4.78 is 1.35. The van der Waals surface area contributed by atoms with Gasteiger partial charge in [0, 0.05) is 36.2 Å². The van der Waals surface area contributed by atoms with Gasteiger partial charge in [0.15, 0.2) is 0 Å². The fourth-order valence-electron chi connectivity index (χ4n) is 3.01. The van der Waals surface area contributed by atoms with E-state index in [9.17, 15) is 0 Å². The van der Waals surface area contributed by atoms with Crippen molar-refractivity contribution in [3.05, 3.63) is 59.0 Å². The van der Waals surface area contributed by atoms with Gasteiger partial charge in [0.05, 0.1) is 0 Å². The molecular formula is C18H18N2S. The zero-order valence-corrected chi connectivity index (χ0v) is 12.9. The van der Waals surface area contributed by atoms with E-state index in [1.807, 2.05) is 0 Å². The minimum Gasteiger partial charge on any atom is -0.381 e. The molecule has 0 radical (unpaired) electrons. The van der Waals surface area contributed by atoms with Crippen LogP contribution in [-0.2, 0) is 13.0 Å². The Balaban J connectivity index is 1.51. The van der Waals surface area contributed by atoms with Crippen LogP contribution in [0.5, 0.6) is 0 Å². The fourth-order valence-corrected chi connectivity index (χ4v) is 3.78. The Morgan fingerprint density at radius 2 is 2.10 bits per heavy atom. The first-order chi connectivity index (χ1) is 10.3. The topological polar surface area (TPSA) is 15.3 Å². The van der Waals surface area contributed by atoms with Crippen molar-refractivity contribution >= 4 is 32.8 Å². The Morgan fingerprint density at radius 3 is 3.05 bits per heavy atom. The Hall–Kier alpha value is -2.00. The molecule has 1 aromatic heterocycles. The van der Waals surface area contributed by atoms with Crippen molar-refractivity contribution in [1.29, 1.82) is 0 Å². The molecule has 2 nitrogen and oxygen atoms in total. The summed E-state index contributed by atoms with van der Waals surface area (Å²) in [5.74, 6) is 0. The highest BCUT2D eigenvalue weighted by atomic mass is 32.1. The van der Waals surface area contributed by atoms with Gasteiger partial charge < -0.3 is 10.2 Å². The van der Waals surface area contributed by atoms with Gasteiger partial charge in [0.2, 0.25) is 0 Å². The van der Waals surface area contributed by atoms with E-state index in [0.717, 1.165) is 13.1 Å². The van der Waals surface area contributed by atoms with E-state index in [0.29, 0.717) is 0 Å². The number of anilines is 2. The van der Waals surface area contributed by atoms with Crippen LogP contribution in [0.2, 0.25) is 0 Å². The molecule has 1 N–H and O–H groups in total. The summed E-state index contributed by atoms with van der Waals surface area (Å²) >= 11 is 1.79. The van der Waals surface area contributed by atoms with Crippen molar-refractivity contribution in [1.82, 2.24) is 0 Å². The molecule has 3 heteroatoms. The first-order valence-corrected chi connectivity index (χ1v) is 8.22. The molecule has 0 saturated heterocycles. The Kier molecular flexibility index (Phi) is 3.08. The molecule has 106 valence electrons. The molecule has 0 atom stereocenters. The number of nitrogens with one attached hydrogen (secondary N) is 1. The van der Waals surface area contributed by atoms with Crippen molar-refractivity contribution in [3.63, 3.8) is 0 Å². The Bertz CT molecular complexity index is 791. The first kappa shape index (κ1) is 12.7. The van der Waals surface area contributed by atoms with Crippen LogP contribution in [0.25, 0.3) is 10.1 Å². The van der Waals surface area contributed by atoms with Crippen LogP contribution in [0.3, 0.4) is 0 Å². The molecule has 0 bridgehead atoms. The van der Waals surface area contributed by atoms with Gasteiger partial charge >= 0.3 is 0 Å². The molecule has 0 fully saturated rings. The van der Waals surface area contributed by atoms with Crippen LogP contribution >= 0.6 is 11.3 Å². The lowest BCUT2D eigenvalue weighted by Crippen LogP contribution is -2.12. The van der Waals surface area contributed by atoms with Gasteiger partial charge in [0.25, 0.3) is 0 Å². The lowest BCUT2D eigenvalue weighted by Gasteiger charge is -2.12. The van der Waals surface area contributed by atoms with Gasteiger partial charge in [-0.25, -0.2) is 0 Å². The van der Waals surface area contributed by atoms with E-state index in [1.54, 1.807) is 11.3 Å². The summed E-state index contributed by atoms with van der Waals surface area (Å²) in [6.45, 7) is 2.02. The molecule has 0 aliphatic carbocycles. The number of nitrogens with zero attached hydrogens (tertiary/aromatic N) is 1. The normalized spacial score (nSPS) is 13.7. The monoisotopic (exact) mass is 294 g/mol. The van der Waals surface area contributed by atoms with Gasteiger partial charge in [-0.1, -0.05) is 12.1 Å². The lowest BCUT2D eigenvalue weighted by atomic mass is 10.1. The highest BCUT2D eigenvalue weighted by Gasteiger charge is 2.15. The number of thiophene rings is 1. The van der Waals surface area contributed by atoms with Crippen molar-refractivity contribution in [2.24, 2.45) is 0 Å². The van der Waals surface area contributed by atoms with Crippen LogP contribution in [0, 0.1) is 0 Å². The number of hydrogen-bond acceptors (Lipinski definition) is 3. The standard InChI is InChI=1S/C18H18N2S/c1-20-8-6-14-10-13(2-4-17(14)20)12-19-16-3-5-18-15(11-16)7-9-21-18/h2-5,7,9-11,19H,6,8,12H2,1H3. The van der Waals surface area contributed by atoms with Gasteiger partial charge in [-0.3, -0.25) is 0 Å². The first-order valence-electron chi connectivity index (χ1n) is 7.34. The summed E-state index contributed by atoms with van der Waals surface area (Å²) in [6.07, 6.45) is 1.17. The Labute approximate surface area is 129 Å². The largest absolute Gasteiger partial charge is 0.381 e. The molecule has 3 aromatic rings. The summed E-state index contributed by atoms with van der Waals surface area (Å²) in [5, 5.41) is 7.00. The third-order valence-electron chi connectivity index (χ3n) is 4.22. The van der Waals surface area contributed by atoms with Gasteiger partial charge in [0.1, 0.15) is 0 Å². The molecule has 0 amide bonds. The van der Waals surface area contributed by atoms with Crippen LogP contribution in [-0.4, -0.2) is 13.6 Å². The molecule has 1 aliphatic heterocycles. The average Bonchev–Trinajstić information content (AvgIpc) is 3.11. The maximum atomic E-state index is 3.54. The third kappa shape index (κ3) is 2.38. The van der Waals surface area contributed by atoms with Crippen molar-refractivity contribution in [2.45, 2.75) is 13.0 Å². The predicted octanol–water partition coefficient (Wildman–Crippen LogP) is 4.51. The van der Waals surface area contributed by atoms with Gasteiger partial charge in [-0.15, -0.1) is 11.3 Å². The molecular weight excluding hydrogens is 276 g/mol. The van der Waals surface area contributed by atoms with E-state index in [2.05, 4.69) is 65.1 Å². The minimum absolute atomic E-state index is 0.882. The molecule has 0 saturated carbocycles.